The van der Waals surface area contributed by atoms with E-state index in [0.717, 1.165) is 17.6 Å². The van der Waals surface area contributed by atoms with Gasteiger partial charge < -0.3 is 0 Å². The molecule has 0 saturated heterocycles. The summed E-state index contributed by atoms with van der Waals surface area (Å²) in [6, 6.07) is 3.73. The van der Waals surface area contributed by atoms with Crippen LogP contribution >= 0.6 is 0 Å². The van der Waals surface area contributed by atoms with Crippen molar-refractivity contribution >= 4 is 15.8 Å². The molecule has 0 aromatic carbocycles. The summed E-state index contributed by atoms with van der Waals surface area (Å²) in [5, 5.41) is 13.3. The van der Waals surface area contributed by atoms with Crippen LogP contribution in [-0.2, 0) is 10.0 Å². The first-order chi connectivity index (χ1) is 9.71. The number of hydrogen-bond acceptors (Lipinski definition) is 6. The highest BCUT2D eigenvalue weighted by molar-refractivity contribution is 7.92. The third-order valence-electron chi connectivity index (χ3n) is 2.61. The average Bonchev–Trinajstić information content (AvgIpc) is 2.62. The molecule has 0 saturated carbocycles. The number of sulfonamides is 1. The molecule has 8 nitrogen and oxygen atoms in total. The highest BCUT2D eigenvalue weighted by Gasteiger charge is 2.20. The van der Waals surface area contributed by atoms with E-state index in [1.165, 1.54) is 4.68 Å². The number of aryl methyl sites for hydroxylation is 3. The lowest BCUT2D eigenvalue weighted by atomic mass is 10.3. The Hall–Kier alpha value is -2.47. The van der Waals surface area contributed by atoms with Gasteiger partial charge >= 0.3 is 0 Å². The maximum absolute atomic E-state index is 11.5. The van der Waals surface area contributed by atoms with Gasteiger partial charge in [0.1, 0.15) is 11.6 Å². The van der Waals surface area contributed by atoms with Crippen LogP contribution in [-0.4, -0.2) is 34.4 Å². The first kappa shape index (κ1) is 14.9. The van der Waals surface area contributed by atoms with E-state index in [4.69, 9.17) is 0 Å². The average molecular weight is 306 g/mol. The third-order valence-corrected chi connectivity index (χ3v) is 3.18. The third kappa shape index (κ3) is 3.17. The SMILES string of the molecule is Cc1cc(C)nc(-n2nc(C)c(C#N)c2NS(C)(=O)=O)n1. The predicted octanol–water partition coefficient (Wildman–Crippen LogP) is 0.831. The van der Waals surface area contributed by atoms with Crippen molar-refractivity contribution in [2.75, 3.05) is 11.0 Å². The first-order valence-corrected chi connectivity index (χ1v) is 7.90. The van der Waals surface area contributed by atoms with E-state index in [1.807, 2.05) is 6.07 Å². The molecule has 2 rings (SSSR count). The number of anilines is 1. The fourth-order valence-electron chi connectivity index (χ4n) is 1.88. The second-order valence-electron chi connectivity index (χ2n) is 4.66. The lowest BCUT2D eigenvalue weighted by molar-refractivity contribution is 0.606. The van der Waals surface area contributed by atoms with Crippen LogP contribution in [0.15, 0.2) is 6.07 Å². The largest absolute Gasteiger partial charge is 0.266 e. The van der Waals surface area contributed by atoms with Crippen LogP contribution in [0, 0.1) is 32.1 Å². The van der Waals surface area contributed by atoms with Gasteiger partial charge in [-0.15, -0.1) is 0 Å². The summed E-state index contributed by atoms with van der Waals surface area (Å²) >= 11 is 0. The molecule has 110 valence electrons. The van der Waals surface area contributed by atoms with Gasteiger partial charge in [0, 0.05) is 11.4 Å². The smallest absolute Gasteiger partial charge is 0.252 e. The molecule has 9 heteroatoms. The van der Waals surface area contributed by atoms with Gasteiger partial charge in [0.2, 0.25) is 10.0 Å². The zero-order valence-electron chi connectivity index (χ0n) is 12.0. The van der Waals surface area contributed by atoms with Gasteiger partial charge in [-0.3, -0.25) is 4.72 Å². The van der Waals surface area contributed by atoms with E-state index in [9.17, 15) is 13.7 Å². The first-order valence-electron chi connectivity index (χ1n) is 6.01. The molecular weight excluding hydrogens is 292 g/mol. The number of hydrogen-bond donors (Lipinski definition) is 1. The summed E-state index contributed by atoms with van der Waals surface area (Å²) in [6.45, 7) is 5.21. The topological polar surface area (TPSA) is 114 Å². The van der Waals surface area contributed by atoms with Crippen molar-refractivity contribution in [3.05, 3.63) is 28.7 Å². The van der Waals surface area contributed by atoms with E-state index in [0.29, 0.717) is 5.69 Å². The molecule has 0 fully saturated rings. The van der Waals surface area contributed by atoms with Crippen LogP contribution < -0.4 is 4.72 Å². The Morgan fingerprint density at radius 2 is 1.81 bits per heavy atom. The molecule has 0 atom stereocenters. The molecule has 0 unspecified atom stereocenters. The quantitative estimate of drug-likeness (QED) is 0.898. The Kier molecular flexibility index (Phi) is 3.65. The zero-order chi connectivity index (χ0) is 15.8. The molecule has 0 spiro atoms. The monoisotopic (exact) mass is 306 g/mol. The summed E-state index contributed by atoms with van der Waals surface area (Å²) in [7, 11) is -3.56. The minimum absolute atomic E-state index is 0.0440. The zero-order valence-corrected chi connectivity index (χ0v) is 12.9. The molecule has 0 bridgehead atoms. The van der Waals surface area contributed by atoms with Gasteiger partial charge in [-0.2, -0.15) is 15.0 Å². The van der Waals surface area contributed by atoms with E-state index >= 15 is 0 Å². The summed E-state index contributed by atoms with van der Waals surface area (Å²) in [4.78, 5) is 8.46. The number of nitriles is 1. The Bertz CT molecular complexity index is 827. The van der Waals surface area contributed by atoms with Gasteiger partial charge in [0.25, 0.3) is 5.95 Å². The maximum atomic E-state index is 11.5. The highest BCUT2D eigenvalue weighted by Crippen LogP contribution is 2.22. The molecule has 0 aliphatic rings. The fraction of sp³-hybridized carbons (Fsp3) is 0.333. The fourth-order valence-corrected chi connectivity index (χ4v) is 2.42. The van der Waals surface area contributed by atoms with Crippen molar-refractivity contribution in [2.45, 2.75) is 20.8 Å². The van der Waals surface area contributed by atoms with Crippen LogP contribution in [0.5, 0.6) is 0 Å². The Balaban J connectivity index is 2.72. The van der Waals surface area contributed by atoms with Gasteiger partial charge in [-0.1, -0.05) is 0 Å². The predicted molar refractivity (Wildman–Crippen MR) is 76.5 cm³/mol. The molecule has 0 amide bonds. The van der Waals surface area contributed by atoms with Gasteiger partial charge in [0.15, 0.2) is 5.82 Å². The summed E-state index contributed by atoms with van der Waals surface area (Å²) in [5.74, 6) is 0.255. The van der Waals surface area contributed by atoms with Crippen LogP contribution in [0.25, 0.3) is 5.95 Å². The molecule has 2 aromatic rings. The van der Waals surface area contributed by atoms with Crippen LogP contribution in [0.1, 0.15) is 22.6 Å². The lowest BCUT2D eigenvalue weighted by Crippen LogP contribution is -2.16. The van der Waals surface area contributed by atoms with Crippen molar-refractivity contribution < 1.29 is 8.42 Å². The number of nitrogens with zero attached hydrogens (tertiary/aromatic N) is 5. The highest BCUT2D eigenvalue weighted by atomic mass is 32.2. The molecule has 2 aromatic heterocycles. The Labute approximate surface area is 122 Å². The van der Waals surface area contributed by atoms with Crippen molar-refractivity contribution in [2.24, 2.45) is 0 Å². The van der Waals surface area contributed by atoms with E-state index in [-0.39, 0.29) is 17.3 Å². The summed E-state index contributed by atoms with van der Waals surface area (Å²) < 4.78 is 26.5. The van der Waals surface area contributed by atoms with Gasteiger partial charge in [-0.05, 0) is 26.8 Å². The standard InChI is InChI=1S/C12H14N6O2S/c1-7-5-8(2)15-12(14-7)18-11(17-21(4,19)20)10(6-13)9(3)16-18/h5,17H,1-4H3. The van der Waals surface area contributed by atoms with E-state index in [1.54, 1.807) is 26.8 Å². The Morgan fingerprint density at radius 1 is 1.24 bits per heavy atom. The van der Waals surface area contributed by atoms with Crippen LogP contribution in [0.4, 0.5) is 5.82 Å². The second kappa shape index (κ2) is 5.14. The van der Waals surface area contributed by atoms with Gasteiger partial charge in [-0.25, -0.2) is 18.4 Å². The number of rotatable bonds is 3. The molecule has 21 heavy (non-hydrogen) atoms. The van der Waals surface area contributed by atoms with E-state index < -0.39 is 10.0 Å². The molecule has 0 radical (unpaired) electrons. The molecule has 0 aliphatic heterocycles. The van der Waals surface area contributed by atoms with Crippen LogP contribution in [0.3, 0.4) is 0 Å². The molecule has 2 heterocycles. The number of nitrogens with one attached hydrogen (secondary N) is 1. The van der Waals surface area contributed by atoms with Crippen molar-refractivity contribution in [1.29, 1.82) is 5.26 Å². The lowest BCUT2D eigenvalue weighted by Gasteiger charge is -2.08. The summed E-state index contributed by atoms with van der Waals surface area (Å²) in [6.07, 6.45) is 1.00. The summed E-state index contributed by atoms with van der Waals surface area (Å²) in [5.41, 5.74) is 1.97. The van der Waals surface area contributed by atoms with E-state index in [2.05, 4.69) is 19.8 Å². The van der Waals surface area contributed by atoms with Crippen molar-refractivity contribution in [1.82, 2.24) is 19.7 Å². The minimum atomic E-state index is -3.56. The number of aromatic nitrogens is 4. The van der Waals surface area contributed by atoms with Crippen LogP contribution in [0.2, 0.25) is 0 Å². The maximum Gasteiger partial charge on any atom is 0.252 e. The van der Waals surface area contributed by atoms with Crippen molar-refractivity contribution in [3.63, 3.8) is 0 Å². The molecular formula is C12H14N6O2S. The second-order valence-corrected chi connectivity index (χ2v) is 6.41. The minimum Gasteiger partial charge on any atom is -0.266 e. The molecule has 0 aliphatic carbocycles. The Morgan fingerprint density at radius 3 is 2.29 bits per heavy atom. The molecule has 1 N–H and O–H groups in total. The van der Waals surface area contributed by atoms with Gasteiger partial charge in [0.05, 0.1) is 11.9 Å². The van der Waals surface area contributed by atoms with Crippen molar-refractivity contribution in [3.8, 4) is 12.0 Å². The normalized spacial score (nSPS) is 11.2.